The molecule has 2 aromatic rings. The third kappa shape index (κ3) is 4.58. The van der Waals surface area contributed by atoms with E-state index in [0.29, 0.717) is 30.8 Å². The number of aromatic nitrogens is 2. The molecule has 1 aromatic heterocycles. The minimum absolute atomic E-state index is 0.0682. The number of benzene rings is 1. The van der Waals surface area contributed by atoms with Crippen LogP contribution in [0.1, 0.15) is 58.6 Å². The van der Waals surface area contributed by atoms with E-state index in [9.17, 15) is 9.90 Å². The second-order valence-electron chi connectivity index (χ2n) is 9.35. The smallest absolute Gasteiger partial charge is 0.168 e. The molecule has 0 saturated carbocycles. The lowest BCUT2D eigenvalue weighted by Gasteiger charge is -2.28. The molecule has 1 aliphatic carbocycles. The van der Waals surface area contributed by atoms with E-state index in [0.717, 1.165) is 5.56 Å². The molecule has 1 N–H and O–H groups in total. The van der Waals surface area contributed by atoms with Gasteiger partial charge in [-0.2, -0.15) is 5.10 Å². The Morgan fingerprint density at radius 1 is 1.18 bits per heavy atom. The second kappa shape index (κ2) is 7.38. The van der Waals surface area contributed by atoms with E-state index in [4.69, 9.17) is 0 Å². The van der Waals surface area contributed by atoms with Crippen LogP contribution < -0.4 is 0 Å². The van der Waals surface area contributed by atoms with Crippen LogP contribution in [0.3, 0.4) is 0 Å². The molecule has 0 fully saturated rings. The van der Waals surface area contributed by atoms with Crippen molar-refractivity contribution in [3.8, 4) is 0 Å². The van der Waals surface area contributed by atoms with Crippen molar-refractivity contribution >= 4 is 17.8 Å². The van der Waals surface area contributed by atoms with E-state index in [1.165, 1.54) is 11.8 Å². The van der Waals surface area contributed by atoms with Gasteiger partial charge in [0.25, 0.3) is 0 Å². The Balaban J connectivity index is 1.77. The first kappa shape index (κ1) is 20.1. The van der Waals surface area contributed by atoms with E-state index >= 15 is 0 Å². The summed E-state index contributed by atoms with van der Waals surface area (Å²) in [5, 5.41) is 14.6. The van der Waals surface area contributed by atoms with Crippen molar-refractivity contribution in [3.05, 3.63) is 59.0 Å². The first-order chi connectivity index (χ1) is 13.0. The van der Waals surface area contributed by atoms with Gasteiger partial charge in [-0.15, -0.1) is 0 Å². The molecule has 0 unspecified atom stereocenters. The molecule has 3 rings (SSSR count). The Morgan fingerprint density at radius 2 is 1.86 bits per heavy atom. The fourth-order valence-electron chi connectivity index (χ4n) is 3.42. The van der Waals surface area contributed by atoms with Crippen LogP contribution in [0.25, 0.3) is 0 Å². The van der Waals surface area contributed by atoms with Gasteiger partial charge in [0, 0.05) is 25.1 Å². The molecule has 28 heavy (non-hydrogen) atoms. The zero-order chi connectivity index (χ0) is 20.5. The zero-order valence-electron chi connectivity index (χ0n) is 17.4. The van der Waals surface area contributed by atoms with Gasteiger partial charge in [-0.3, -0.25) is 4.79 Å². The van der Waals surface area contributed by atoms with Crippen molar-refractivity contribution in [2.24, 2.45) is 10.4 Å². The summed E-state index contributed by atoms with van der Waals surface area (Å²) in [6, 6.07) is 10.3. The molecule has 1 heterocycles. The summed E-state index contributed by atoms with van der Waals surface area (Å²) < 4.78 is 1.79. The molecule has 0 spiro atoms. The number of allylic oxidation sites excluding steroid dienone is 2. The molecule has 148 valence electrons. The predicted octanol–water partition coefficient (Wildman–Crippen LogP) is 5.13. The lowest BCUT2D eigenvalue weighted by atomic mass is 9.77. The van der Waals surface area contributed by atoms with Crippen LogP contribution in [-0.2, 0) is 16.8 Å². The number of nitrogens with zero attached hydrogens (tertiary/aromatic N) is 3. The molecular formula is C23H29N3O2. The average molecular weight is 380 g/mol. The third-order valence-corrected chi connectivity index (χ3v) is 5.07. The van der Waals surface area contributed by atoms with E-state index in [-0.39, 0.29) is 22.4 Å². The lowest BCUT2D eigenvalue weighted by molar-refractivity contribution is -0.117. The molecule has 0 radical (unpaired) electrons. The van der Waals surface area contributed by atoms with Crippen LogP contribution in [-0.4, -0.2) is 26.9 Å². The fraction of sp³-hybridized carbons (Fsp3) is 0.435. The highest BCUT2D eigenvalue weighted by molar-refractivity contribution is 6.14. The molecule has 0 bridgehead atoms. The number of aliphatic hydroxyl groups excluding tert-OH is 1. The van der Waals surface area contributed by atoms with Crippen LogP contribution in [0.2, 0.25) is 0 Å². The summed E-state index contributed by atoms with van der Waals surface area (Å²) in [6.07, 6.45) is 4.07. The minimum Gasteiger partial charge on any atom is -0.511 e. The molecular weight excluding hydrogens is 350 g/mol. The molecule has 5 heteroatoms. The van der Waals surface area contributed by atoms with Crippen molar-refractivity contribution in [2.75, 3.05) is 0 Å². The number of hydrogen-bond donors (Lipinski definition) is 1. The van der Waals surface area contributed by atoms with Crippen LogP contribution in [0, 0.1) is 5.41 Å². The number of Topliss-reactive ketones (excluding diaryl/α,β-unsaturated/α-hetero) is 1. The van der Waals surface area contributed by atoms with E-state index in [1.54, 1.807) is 16.9 Å². The second-order valence-corrected chi connectivity index (χ2v) is 9.35. The molecule has 1 aliphatic rings. The molecule has 0 aliphatic heterocycles. The summed E-state index contributed by atoms with van der Waals surface area (Å²) in [5.74, 6) is 0.702. The first-order valence-corrected chi connectivity index (χ1v) is 9.66. The van der Waals surface area contributed by atoms with Crippen molar-refractivity contribution in [2.45, 2.75) is 59.4 Å². The number of hydrogen-bond acceptors (Lipinski definition) is 4. The van der Waals surface area contributed by atoms with Gasteiger partial charge in [-0.25, -0.2) is 9.67 Å². The number of carbonyl (C=O) groups is 1. The first-order valence-electron chi connectivity index (χ1n) is 9.66. The summed E-state index contributed by atoms with van der Waals surface area (Å²) in [4.78, 5) is 16.8. The number of ketones is 1. The highest BCUT2D eigenvalue weighted by Gasteiger charge is 2.32. The molecule has 0 amide bonds. The number of aliphatic imine (C=N–C) groups is 1. The van der Waals surface area contributed by atoms with E-state index in [2.05, 4.69) is 55.1 Å². The molecule has 0 atom stereocenters. The van der Waals surface area contributed by atoms with Gasteiger partial charge in [0.1, 0.15) is 5.76 Å². The maximum absolute atomic E-state index is 12.3. The SMILES string of the molecule is CC1(C)CC(=O)C(/C=N/c2ccnn2Cc2ccc(C(C)(C)C)cc2)=C(O)C1. The summed E-state index contributed by atoms with van der Waals surface area (Å²) in [7, 11) is 0. The van der Waals surface area contributed by atoms with Crippen molar-refractivity contribution in [3.63, 3.8) is 0 Å². The van der Waals surface area contributed by atoms with Gasteiger partial charge in [0.2, 0.25) is 0 Å². The van der Waals surface area contributed by atoms with Gasteiger partial charge in [-0.1, -0.05) is 58.9 Å². The van der Waals surface area contributed by atoms with Crippen LogP contribution in [0.5, 0.6) is 0 Å². The number of carbonyl (C=O) groups excluding carboxylic acids is 1. The van der Waals surface area contributed by atoms with Crippen LogP contribution in [0.4, 0.5) is 5.82 Å². The van der Waals surface area contributed by atoms with Crippen LogP contribution in [0.15, 0.2) is 52.9 Å². The van der Waals surface area contributed by atoms with E-state index < -0.39 is 0 Å². The number of aliphatic hydroxyl groups is 1. The molecule has 0 saturated heterocycles. The summed E-state index contributed by atoms with van der Waals surface area (Å²) in [6.45, 7) is 11.1. The number of rotatable bonds is 4. The maximum Gasteiger partial charge on any atom is 0.168 e. The molecule has 1 aromatic carbocycles. The lowest BCUT2D eigenvalue weighted by Crippen LogP contribution is -2.26. The van der Waals surface area contributed by atoms with Crippen LogP contribution >= 0.6 is 0 Å². The van der Waals surface area contributed by atoms with Crippen molar-refractivity contribution in [1.29, 1.82) is 0 Å². The van der Waals surface area contributed by atoms with Gasteiger partial charge in [0.15, 0.2) is 11.6 Å². The van der Waals surface area contributed by atoms with Crippen molar-refractivity contribution < 1.29 is 9.90 Å². The average Bonchev–Trinajstić information content (AvgIpc) is 3.00. The Kier molecular flexibility index (Phi) is 5.28. The van der Waals surface area contributed by atoms with Gasteiger partial charge >= 0.3 is 0 Å². The highest BCUT2D eigenvalue weighted by Crippen LogP contribution is 2.35. The topological polar surface area (TPSA) is 67.5 Å². The Bertz CT molecular complexity index is 926. The predicted molar refractivity (Wildman–Crippen MR) is 112 cm³/mol. The summed E-state index contributed by atoms with van der Waals surface area (Å²) in [5.41, 5.74) is 2.64. The Hall–Kier alpha value is -2.69. The fourth-order valence-corrected chi connectivity index (χ4v) is 3.42. The van der Waals surface area contributed by atoms with Gasteiger partial charge < -0.3 is 5.11 Å². The third-order valence-electron chi connectivity index (χ3n) is 5.07. The van der Waals surface area contributed by atoms with Crippen molar-refractivity contribution in [1.82, 2.24) is 9.78 Å². The zero-order valence-corrected chi connectivity index (χ0v) is 17.4. The summed E-state index contributed by atoms with van der Waals surface area (Å²) >= 11 is 0. The minimum atomic E-state index is -0.209. The largest absolute Gasteiger partial charge is 0.511 e. The maximum atomic E-state index is 12.3. The van der Waals surface area contributed by atoms with E-state index in [1.807, 2.05) is 13.8 Å². The standard InChI is InChI=1S/C23H29N3O2/c1-22(2,3)17-8-6-16(7-9-17)15-26-21(10-11-25-26)24-14-18-19(27)12-23(4,5)13-20(18)28/h6-11,14,27H,12-13,15H2,1-5H3/b24-14+. The Morgan fingerprint density at radius 3 is 2.46 bits per heavy atom. The molecule has 5 nitrogen and oxygen atoms in total. The highest BCUT2D eigenvalue weighted by atomic mass is 16.3. The Labute approximate surface area is 166 Å². The normalized spacial score (nSPS) is 17.5. The van der Waals surface area contributed by atoms with Gasteiger partial charge in [0.05, 0.1) is 18.3 Å². The van der Waals surface area contributed by atoms with Gasteiger partial charge in [-0.05, 0) is 22.0 Å². The monoisotopic (exact) mass is 379 g/mol. The quantitative estimate of drug-likeness (QED) is 0.749.